The van der Waals surface area contributed by atoms with Crippen LogP contribution in [0, 0.1) is 13.8 Å². The van der Waals surface area contributed by atoms with Crippen molar-refractivity contribution in [2.75, 3.05) is 5.73 Å². The van der Waals surface area contributed by atoms with E-state index in [1.54, 1.807) is 0 Å². The van der Waals surface area contributed by atoms with Gasteiger partial charge in [-0.3, -0.25) is 9.89 Å². The quantitative estimate of drug-likeness (QED) is 0.788. The van der Waals surface area contributed by atoms with Crippen LogP contribution in [0.2, 0.25) is 0 Å². The van der Waals surface area contributed by atoms with E-state index < -0.39 is 0 Å². The third-order valence-electron chi connectivity index (χ3n) is 3.49. The Labute approximate surface area is 124 Å². The van der Waals surface area contributed by atoms with Crippen molar-refractivity contribution in [1.82, 2.24) is 15.5 Å². The Hall–Kier alpha value is -2.24. The van der Waals surface area contributed by atoms with Crippen molar-refractivity contribution in [3.63, 3.8) is 0 Å². The zero-order valence-corrected chi connectivity index (χ0v) is 12.9. The molecule has 1 atom stereocenters. The smallest absolute Gasteiger partial charge is 0.274 e. The summed E-state index contributed by atoms with van der Waals surface area (Å²) in [5.41, 5.74) is 8.42. The van der Waals surface area contributed by atoms with Crippen LogP contribution in [0.1, 0.15) is 59.6 Å². The summed E-state index contributed by atoms with van der Waals surface area (Å²) < 4.78 is 5.48. The van der Waals surface area contributed by atoms with Gasteiger partial charge in [0.15, 0.2) is 5.69 Å². The minimum Gasteiger partial charge on any atom is -0.466 e. The van der Waals surface area contributed by atoms with Gasteiger partial charge in [-0.25, -0.2) is 0 Å². The van der Waals surface area contributed by atoms with Crippen LogP contribution in [-0.4, -0.2) is 16.1 Å². The molecule has 1 amide bonds. The standard InChI is InChI=1S/C15H22N4O2/c1-5-6-12-13(16)14(19-18-12)15(20)17-9(3)11-7-8(2)21-10(11)4/h7,9H,5-6,16H2,1-4H3,(H,17,20)(H,18,19). The van der Waals surface area contributed by atoms with Crippen molar-refractivity contribution in [3.8, 4) is 0 Å². The van der Waals surface area contributed by atoms with Crippen LogP contribution in [-0.2, 0) is 6.42 Å². The van der Waals surface area contributed by atoms with E-state index >= 15 is 0 Å². The number of nitrogens with two attached hydrogens (primary N) is 1. The summed E-state index contributed by atoms with van der Waals surface area (Å²) in [6.07, 6.45) is 1.72. The zero-order chi connectivity index (χ0) is 15.6. The lowest BCUT2D eigenvalue weighted by molar-refractivity contribution is 0.0935. The van der Waals surface area contributed by atoms with Crippen LogP contribution in [0.4, 0.5) is 5.69 Å². The maximum atomic E-state index is 12.3. The van der Waals surface area contributed by atoms with Gasteiger partial charge in [-0.1, -0.05) is 13.3 Å². The summed E-state index contributed by atoms with van der Waals surface area (Å²) in [4.78, 5) is 12.3. The summed E-state index contributed by atoms with van der Waals surface area (Å²) in [5.74, 6) is 1.35. The molecule has 0 bridgehead atoms. The van der Waals surface area contributed by atoms with Crippen LogP contribution in [0.5, 0.6) is 0 Å². The molecule has 114 valence electrons. The molecule has 1 unspecified atom stereocenters. The van der Waals surface area contributed by atoms with E-state index in [0.29, 0.717) is 5.69 Å². The number of hydrogen-bond acceptors (Lipinski definition) is 4. The highest BCUT2D eigenvalue weighted by Crippen LogP contribution is 2.22. The Balaban J connectivity index is 2.12. The Morgan fingerprint density at radius 1 is 1.52 bits per heavy atom. The first-order valence-electron chi connectivity index (χ1n) is 7.14. The number of nitrogen functional groups attached to an aromatic ring is 1. The number of H-pyrrole nitrogens is 1. The predicted molar refractivity (Wildman–Crippen MR) is 81.1 cm³/mol. The normalized spacial score (nSPS) is 12.4. The largest absolute Gasteiger partial charge is 0.466 e. The highest BCUT2D eigenvalue weighted by atomic mass is 16.3. The molecular weight excluding hydrogens is 268 g/mol. The molecule has 0 aliphatic heterocycles. The first-order chi connectivity index (χ1) is 9.93. The SMILES string of the molecule is CCCc1[nH]nc(C(=O)NC(C)c2cc(C)oc2C)c1N. The number of hydrogen-bond donors (Lipinski definition) is 3. The van der Waals surface area contributed by atoms with Crippen molar-refractivity contribution >= 4 is 11.6 Å². The summed E-state index contributed by atoms with van der Waals surface area (Å²) in [6.45, 7) is 7.72. The summed E-state index contributed by atoms with van der Waals surface area (Å²) in [7, 11) is 0. The van der Waals surface area contributed by atoms with E-state index in [1.165, 1.54) is 0 Å². The topological polar surface area (TPSA) is 96.9 Å². The molecule has 6 heteroatoms. The number of furan rings is 1. The molecule has 0 spiro atoms. The van der Waals surface area contributed by atoms with Gasteiger partial charge in [0.1, 0.15) is 11.5 Å². The van der Waals surface area contributed by atoms with Crippen molar-refractivity contribution in [2.45, 2.75) is 46.6 Å². The lowest BCUT2D eigenvalue weighted by Crippen LogP contribution is -2.27. The van der Waals surface area contributed by atoms with Crippen LogP contribution in [0.15, 0.2) is 10.5 Å². The molecule has 2 aromatic rings. The summed E-state index contributed by atoms with van der Waals surface area (Å²) in [5, 5.41) is 9.75. The number of carbonyl (C=O) groups excluding carboxylic acids is 1. The molecule has 0 saturated heterocycles. The van der Waals surface area contributed by atoms with Crippen LogP contribution < -0.4 is 11.1 Å². The summed E-state index contributed by atoms with van der Waals surface area (Å²) in [6, 6.07) is 1.76. The number of anilines is 1. The molecule has 0 saturated carbocycles. The molecule has 2 rings (SSSR count). The first-order valence-corrected chi connectivity index (χ1v) is 7.14. The van der Waals surface area contributed by atoms with Crippen LogP contribution >= 0.6 is 0 Å². The molecule has 0 aliphatic rings. The number of aryl methyl sites for hydroxylation is 3. The molecule has 0 aromatic carbocycles. The van der Waals surface area contributed by atoms with Gasteiger partial charge in [0.05, 0.1) is 17.4 Å². The lowest BCUT2D eigenvalue weighted by Gasteiger charge is -2.12. The number of aromatic amines is 1. The highest BCUT2D eigenvalue weighted by molar-refractivity contribution is 5.97. The van der Waals surface area contributed by atoms with Gasteiger partial charge in [0, 0.05) is 5.56 Å². The second kappa shape index (κ2) is 6.03. The number of amides is 1. The Morgan fingerprint density at radius 3 is 2.81 bits per heavy atom. The van der Waals surface area contributed by atoms with E-state index in [1.807, 2.05) is 33.8 Å². The van der Waals surface area contributed by atoms with Gasteiger partial charge in [-0.05, 0) is 33.3 Å². The second-order valence-corrected chi connectivity index (χ2v) is 5.28. The Kier molecular flexibility index (Phi) is 4.35. The fourth-order valence-corrected chi connectivity index (χ4v) is 2.42. The van der Waals surface area contributed by atoms with Gasteiger partial charge in [-0.2, -0.15) is 5.10 Å². The first kappa shape index (κ1) is 15.2. The molecule has 2 heterocycles. The Morgan fingerprint density at radius 2 is 2.24 bits per heavy atom. The zero-order valence-electron chi connectivity index (χ0n) is 12.9. The van der Waals surface area contributed by atoms with E-state index in [9.17, 15) is 4.79 Å². The predicted octanol–water partition coefficient (Wildman–Crippen LogP) is 2.65. The maximum absolute atomic E-state index is 12.3. The van der Waals surface area contributed by atoms with Gasteiger partial charge in [-0.15, -0.1) is 0 Å². The monoisotopic (exact) mass is 290 g/mol. The highest BCUT2D eigenvalue weighted by Gasteiger charge is 2.20. The number of aromatic nitrogens is 2. The van der Waals surface area contributed by atoms with Gasteiger partial charge in [0.2, 0.25) is 0 Å². The molecule has 2 aromatic heterocycles. The average molecular weight is 290 g/mol. The van der Waals surface area contributed by atoms with Crippen molar-refractivity contribution in [2.24, 2.45) is 0 Å². The summed E-state index contributed by atoms with van der Waals surface area (Å²) >= 11 is 0. The molecule has 6 nitrogen and oxygen atoms in total. The van der Waals surface area contributed by atoms with E-state index in [0.717, 1.165) is 35.6 Å². The number of rotatable bonds is 5. The number of nitrogens with zero attached hydrogens (tertiary/aromatic N) is 1. The Bertz CT molecular complexity index is 642. The van der Waals surface area contributed by atoms with Gasteiger partial charge < -0.3 is 15.5 Å². The third kappa shape index (κ3) is 3.09. The molecule has 0 fully saturated rings. The van der Waals surface area contributed by atoms with Crippen molar-refractivity contribution in [3.05, 3.63) is 34.5 Å². The number of carbonyl (C=O) groups is 1. The molecule has 21 heavy (non-hydrogen) atoms. The molecule has 4 N–H and O–H groups in total. The molecular formula is C15H22N4O2. The van der Waals surface area contributed by atoms with Gasteiger partial charge >= 0.3 is 0 Å². The minimum absolute atomic E-state index is 0.166. The van der Waals surface area contributed by atoms with Gasteiger partial charge in [0.25, 0.3) is 5.91 Å². The lowest BCUT2D eigenvalue weighted by atomic mass is 10.1. The minimum atomic E-state index is -0.281. The maximum Gasteiger partial charge on any atom is 0.274 e. The van der Waals surface area contributed by atoms with E-state index in [-0.39, 0.29) is 17.6 Å². The van der Waals surface area contributed by atoms with Crippen molar-refractivity contribution in [1.29, 1.82) is 0 Å². The average Bonchev–Trinajstić information content (AvgIpc) is 2.94. The van der Waals surface area contributed by atoms with E-state index in [4.69, 9.17) is 10.2 Å². The molecule has 0 aliphatic carbocycles. The number of nitrogens with one attached hydrogen (secondary N) is 2. The molecule has 0 radical (unpaired) electrons. The fraction of sp³-hybridized carbons (Fsp3) is 0.467. The van der Waals surface area contributed by atoms with E-state index in [2.05, 4.69) is 15.5 Å². The fourth-order valence-electron chi connectivity index (χ4n) is 2.42. The van der Waals surface area contributed by atoms with Crippen molar-refractivity contribution < 1.29 is 9.21 Å². The second-order valence-electron chi connectivity index (χ2n) is 5.28. The van der Waals surface area contributed by atoms with Crippen LogP contribution in [0.3, 0.4) is 0 Å². The van der Waals surface area contributed by atoms with Crippen LogP contribution in [0.25, 0.3) is 0 Å². The third-order valence-corrected chi connectivity index (χ3v) is 3.49.